The van der Waals surface area contributed by atoms with Gasteiger partial charge in [-0.25, -0.2) is 0 Å². The summed E-state index contributed by atoms with van der Waals surface area (Å²) in [6.07, 6.45) is 21.6. The molecular formula is C23H46N2. The second-order valence-electron chi connectivity index (χ2n) is 8.83. The van der Waals surface area contributed by atoms with Gasteiger partial charge in [0.05, 0.1) is 0 Å². The van der Waals surface area contributed by atoms with Crippen LogP contribution in [0.5, 0.6) is 0 Å². The first-order valence-electron chi connectivity index (χ1n) is 11.8. The fourth-order valence-electron chi connectivity index (χ4n) is 5.01. The summed E-state index contributed by atoms with van der Waals surface area (Å²) in [6.45, 7) is 8.61. The van der Waals surface area contributed by atoms with Gasteiger partial charge in [0.2, 0.25) is 0 Å². The Hall–Kier alpha value is -0.0800. The zero-order valence-electron chi connectivity index (χ0n) is 17.4. The van der Waals surface area contributed by atoms with Gasteiger partial charge in [0.1, 0.15) is 0 Å². The monoisotopic (exact) mass is 350 g/mol. The summed E-state index contributed by atoms with van der Waals surface area (Å²) >= 11 is 0. The Morgan fingerprint density at radius 3 is 1.88 bits per heavy atom. The summed E-state index contributed by atoms with van der Waals surface area (Å²) in [4.78, 5) is 2.87. The van der Waals surface area contributed by atoms with Crippen molar-refractivity contribution >= 4 is 0 Å². The lowest BCUT2D eigenvalue weighted by atomic mass is 9.99. The Morgan fingerprint density at radius 2 is 1.32 bits per heavy atom. The lowest BCUT2D eigenvalue weighted by Gasteiger charge is -2.29. The zero-order valence-corrected chi connectivity index (χ0v) is 17.4. The van der Waals surface area contributed by atoms with Crippen LogP contribution in [0.1, 0.15) is 110 Å². The predicted molar refractivity (Wildman–Crippen MR) is 111 cm³/mol. The van der Waals surface area contributed by atoms with Crippen molar-refractivity contribution in [1.82, 2.24) is 10.2 Å². The molecule has 0 bridgehead atoms. The molecule has 2 fully saturated rings. The minimum absolute atomic E-state index is 0.816. The Balaban J connectivity index is 1.66. The molecule has 148 valence electrons. The van der Waals surface area contributed by atoms with Crippen LogP contribution in [0, 0.1) is 5.92 Å². The predicted octanol–water partition coefficient (Wildman–Crippen LogP) is 6.15. The molecular weight excluding hydrogens is 304 g/mol. The van der Waals surface area contributed by atoms with E-state index in [1.54, 1.807) is 0 Å². The second-order valence-corrected chi connectivity index (χ2v) is 8.83. The van der Waals surface area contributed by atoms with Gasteiger partial charge < -0.3 is 5.32 Å². The summed E-state index contributed by atoms with van der Waals surface area (Å²) in [7, 11) is 0. The van der Waals surface area contributed by atoms with E-state index >= 15 is 0 Å². The molecule has 2 atom stereocenters. The van der Waals surface area contributed by atoms with Crippen molar-refractivity contribution in [2.24, 2.45) is 5.92 Å². The maximum atomic E-state index is 3.74. The van der Waals surface area contributed by atoms with Gasteiger partial charge in [-0.3, -0.25) is 4.90 Å². The van der Waals surface area contributed by atoms with E-state index in [2.05, 4.69) is 24.1 Å². The van der Waals surface area contributed by atoms with E-state index in [0.29, 0.717) is 0 Å². The summed E-state index contributed by atoms with van der Waals surface area (Å²) in [6, 6.07) is 1.70. The minimum atomic E-state index is 0.816. The van der Waals surface area contributed by atoms with Crippen LogP contribution in [0.3, 0.4) is 0 Å². The Morgan fingerprint density at radius 1 is 0.760 bits per heavy atom. The number of nitrogens with one attached hydrogen (secondary N) is 1. The Bertz CT molecular complexity index is 289. The molecule has 0 saturated carbocycles. The molecule has 25 heavy (non-hydrogen) atoms. The molecule has 2 heteroatoms. The maximum absolute atomic E-state index is 3.74. The largest absolute Gasteiger partial charge is 0.312 e. The molecule has 0 aliphatic carbocycles. The molecule has 2 saturated heterocycles. The minimum Gasteiger partial charge on any atom is -0.312 e. The lowest BCUT2D eigenvalue weighted by molar-refractivity contribution is 0.197. The molecule has 2 aliphatic heterocycles. The molecule has 2 aliphatic rings. The molecule has 0 aromatic rings. The third kappa shape index (κ3) is 7.99. The van der Waals surface area contributed by atoms with Crippen LogP contribution in [0.2, 0.25) is 0 Å². The fraction of sp³-hybridized carbons (Fsp3) is 1.00. The third-order valence-corrected chi connectivity index (χ3v) is 6.69. The van der Waals surface area contributed by atoms with Crippen LogP contribution >= 0.6 is 0 Å². The fourth-order valence-corrected chi connectivity index (χ4v) is 5.01. The first-order valence-corrected chi connectivity index (χ1v) is 11.8. The highest BCUT2D eigenvalue weighted by Crippen LogP contribution is 2.29. The second kappa shape index (κ2) is 13.1. The van der Waals surface area contributed by atoms with Crippen LogP contribution in [0.25, 0.3) is 0 Å². The zero-order chi connectivity index (χ0) is 17.7. The van der Waals surface area contributed by atoms with Crippen LogP contribution in [0.4, 0.5) is 0 Å². The van der Waals surface area contributed by atoms with Crippen LogP contribution in [-0.2, 0) is 0 Å². The van der Waals surface area contributed by atoms with Gasteiger partial charge in [0, 0.05) is 25.2 Å². The van der Waals surface area contributed by atoms with Gasteiger partial charge in [-0.2, -0.15) is 0 Å². The molecule has 0 unspecified atom stereocenters. The van der Waals surface area contributed by atoms with E-state index in [1.807, 2.05) is 0 Å². The van der Waals surface area contributed by atoms with Crippen LogP contribution in [-0.4, -0.2) is 36.6 Å². The number of hydrogen-bond acceptors (Lipinski definition) is 2. The van der Waals surface area contributed by atoms with Crippen molar-refractivity contribution in [1.29, 1.82) is 0 Å². The molecule has 0 radical (unpaired) electrons. The number of likely N-dealkylation sites (tertiary alicyclic amines) is 1. The summed E-state index contributed by atoms with van der Waals surface area (Å²) < 4.78 is 0. The molecule has 1 N–H and O–H groups in total. The Labute approximate surface area is 158 Å². The average Bonchev–Trinajstić information content (AvgIpc) is 3.21. The number of rotatable bonds is 15. The number of hydrogen-bond donors (Lipinski definition) is 1. The van der Waals surface area contributed by atoms with Gasteiger partial charge in [0.25, 0.3) is 0 Å². The summed E-state index contributed by atoms with van der Waals surface area (Å²) in [5.74, 6) is 0.955. The van der Waals surface area contributed by atoms with E-state index < -0.39 is 0 Å². The molecule has 2 heterocycles. The molecule has 0 amide bonds. The maximum Gasteiger partial charge on any atom is 0.0236 e. The number of fused-ring (bicyclic) bond motifs is 1. The lowest BCUT2D eigenvalue weighted by Crippen LogP contribution is -2.37. The molecule has 0 spiro atoms. The molecule has 2 rings (SSSR count). The van der Waals surface area contributed by atoms with E-state index in [1.165, 1.54) is 116 Å². The smallest absolute Gasteiger partial charge is 0.0236 e. The third-order valence-electron chi connectivity index (χ3n) is 6.69. The molecule has 2 nitrogen and oxygen atoms in total. The highest BCUT2D eigenvalue weighted by Gasteiger charge is 2.38. The van der Waals surface area contributed by atoms with Crippen molar-refractivity contribution in [3.05, 3.63) is 0 Å². The van der Waals surface area contributed by atoms with Gasteiger partial charge in [-0.05, 0) is 31.7 Å². The normalized spacial score (nSPS) is 23.6. The average molecular weight is 351 g/mol. The van der Waals surface area contributed by atoms with Crippen molar-refractivity contribution in [2.45, 2.75) is 122 Å². The van der Waals surface area contributed by atoms with Crippen LogP contribution in [0.15, 0.2) is 0 Å². The first-order chi connectivity index (χ1) is 12.3. The molecule has 0 aromatic heterocycles. The van der Waals surface area contributed by atoms with Crippen molar-refractivity contribution in [2.75, 3.05) is 19.6 Å². The highest BCUT2D eigenvalue weighted by molar-refractivity contribution is 4.95. The number of unbranched alkanes of at least 4 members (excludes halogenated alkanes) is 10. The van der Waals surface area contributed by atoms with Gasteiger partial charge in [0.15, 0.2) is 0 Å². The van der Waals surface area contributed by atoms with Crippen LogP contribution < -0.4 is 5.32 Å². The van der Waals surface area contributed by atoms with E-state index in [4.69, 9.17) is 0 Å². The molecule has 0 aromatic carbocycles. The van der Waals surface area contributed by atoms with E-state index in [0.717, 1.165) is 18.0 Å². The SMILES string of the molecule is CCCCCCCCC(CCCCCCCC)N1C[C@H]2CCN[C@H]2C1. The van der Waals surface area contributed by atoms with Crippen molar-refractivity contribution in [3.8, 4) is 0 Å². The topological polar surface area (TPSA) is 15.3 Å². The standard InChI is InChI=1S/C23H46N2/c1-3-5-7-9-11-13-15-22(16-14-12-10-8-6-4-2)25-19-21-17-18-24-23(21)20-25/h21-24H,3-20H2,1-2H3/t21-,23+/m1/s1. The summed E-state index contributed by atoms with van der Waals surface area (Å²) in [5, 5.41) is 3.74. The summed E-state index contributed by atoms with van der Waals surface area (Å²) in [5.41, 5.74) is 0. The van der Waals surface area contributed by atoms with Gasteiger partial charge in [-0.1, -0.05) is 90.9 Å². The van der Waals surface area contributed by atoms with E-state index in [9.17, 15) is 0 Å². The highest BCUT2D eigenvalue weighted by atomic mass is 15.2. The van der Waals surface area contributed by atoms with E-state index in [-0.39, 0.29) is 0 Å². The van der Waals surface area contributed by atoms with Gasteiger partial charge >= 0.3 is 0 Å². The van der Waals surface area contributed by atoms with Gasteiger partial charge in [-0.15, -0.1) is 0 Å². The first kappa shape index (κ1) is 21.2. The number of nitrogens with zero attached hydrogens (tertiary/aromatic N) is 1. The quantitative estimate of drug-likeness (QED) is 0.356. The van der Waals surface area contributed by atoms with Crippen molar-refractivity contribution < 1.29 is 0 Å². The Kier molecular flexibility index (Phi) is 11.2. The van der Waals surface area contributed by atoms with Crippen molar-refractivity contribution in [3.63, 3.8) is 0 Å².